The van der Waals surface area contributed by atoms with Crippen LogP contribution in [0.5, 0.6) is 0 Å². The van der Waals surface area contributed by atoms with E-state index >= 15 is 0 Å². The van der Waals surface area contributed by atoms with E-state index in [1.54, 1.807) is 12.1 Å². The van der Waals surface area contributed by atoms with Gasteiger partial charge in [-0.3, -0.25) is 10.8 Å². The third-order valence-corrected chi connectivity index (χ3v) is 2.72. The molecule has 23 heavy (non-hydrogen) atoms. The van der Waals surface area contributed by atoms with Crippen LogP contribution in [0.1, 0.15) is 5.56 Å². The predicted octanol–water partition coefficient (Wildman–Crippen LogP) is 2.12. The zero-order valence-corrected chi connectivity index (χ0v) is 11.5. The van der Waals surface area contributed by atoms with Gasteiger partial charge >= 0.3 is 6.18 Å². The first-order valence-corrected chi connectivity index (χ1v) is 6.12. The Balaban J connectivity index is 2.49. The number of hydrazone groups is 1. The van der Waals surface area contributed by atoms with Gasteiger partial charge in [0.1, 0.15) is 6.07 Å². The number of hydrogen-bond donors (Lipinski definition) is 3. The molecule has 0 saturated heterocycles. The van der Waals surface area contributed by atoms with Crippen molar-refractivity contribution in [2.75, 3.05) is 5.43 Å². The molecule has 0 bridgehead atoms. The van der Waals surface area contributed by atoms with Gasteiger partial charge in [0.15, 0.2) is 5.84 Å². The Morgan fingerprint density at radius 2 is 2.17 bits per heavy atom. The second-order valence-electron chi connectivity index (χ2n) is 4.28. The third-order valence-electron chi connectivity index (χ3n) is 2.72. The molecule has 118 valence electrons. The highest BCUT2D eigenvalue weighted by Gasteiger charge is 2.31. The van der Waals surface area contributed by atoms with Crippen molar-refractivity contribution in [3.8, 4) is 11.8 Å². The van der Waals surface area contributed by atoms with Crippen molar-refractivity contribution in [3.05, 3.63) is 42.2 Å². The van der Waals surface area contributed by atoms with Crippen molar-refractivity contribution < 1.29 is 13.2 Å². The van der Waals surface area contributed by atoms with Crippen LogP contribution in [0, 0.1) is 16.7 Å². The highest BCUT2D eigenvalue weighted by atomic mass is 19.4. The molecule has 0 aliphatic heterocycles. The molecule has 10 heteroatoms. The summed E-state index contributed by atoms with van der Waals surface area (Å²) < 4.78 is 39.9. The molecule has 7 nitrogen and oxygen atoms in total. The summed E-state index contributed by atoms with van der Waals surface area (Å²) in [6.07, 6.45) is -1.55. The molecular formula is C13H10F3N7. The minimum Gasteiger partial charge on any atom is -0.382 e. The first-order valence-electron chi connectivity index (χ1n) is 6.12. The van der Waals surface area contributed by atoms with E-state index in [0.717, 1.165) is 12.1 Å². The molecule has 0 aliphatic rings. The summed E-state index contributed by atoms with van der Waals surface area (Å²) in [5, 5.41) is 23.4. The Morgan fingerprint density at radius 1 is 1.43 bits per heavy atom. The van der Waals surface area contributed by atoms with Gasteiger partial charge < -0.3 is 5.73 Å². The summed E-state index contributed by atoms with van der Waals surface area (Å²) in [6, 6.07) is 6.11. The van der Waals surface area contributed by atoms with E-state index in [1.807, 2.05) is 0 Å². The van der Waals surface area contributed by atoms with Crippen LogP contribution in [0.3, 0.4) is 0 Å². The Morgan fingerprint density at radius 3 is 2.70 bits per heavy atom. The van der Waals surface area contributed by atoms with Gasteiger partial charge in [-0.2, -0.15) is 28.6 Å². The van der Waals surface area contributed by atoms with Crippen LogP contribution in [0.4, 0.5) is 18.9 Å². The molecule has 1 aromatic carbocycles. The molecule has 0 saturated carbocycles. The fourth-order valence-corrected chi connectivity index (χ4v) is 1.67. The van der Waals surface area contributed by atoms with Crippen LogP contribution < -0.4 is 11.2 Å². The van der Waals surface area contributed by atoms with E-state index in [0.29, 0.717) is 0 Å². The van der Waals surface area contributed by atoms with E-state index in [1.165, 1.54) is 23.1 Å². The Bertz CT molecular complexity index is 785. The number of amidine groups is 1. The van der Waals surface area contributed by atoms with Crippen molar-refractivity contribution in [2.45, 2.75) is 6.18 Å². The Hall–Kier alpha value is -3.35. The monoisotopic (exact) mass is 321 g/mol. The average molecular weight is 321 g/mol. The lowest BCUT2D eigenvalue weighted by atomic mass is 10.1. The number of anilines is 1. The van der Waals surface area contributed by atoms with Crippen molar-refractivity contribution in [1.82, 2.24) is 9.78 Å². The van der Waals surface area contributed by atoms with Crippen LogP contribution in [-0.2, 0) is 6.18 Å². The lowest BCUT2D eigenvalue weighted by Gasteiger charge is -2.13. The number of halogens is 3. The molecular weight excluding hydrogens is 311 g/mol. The van der Waals surface area contributed by atoms with Crippen LogP contribution in [-0.4, -0.2) is 21.3 Å². The number of alkyl halides is 3. The number of hydrogen-bond acceptors (Lipinski definition) is 5. The van der Waals surface area contributed by atoms with E-state index in [4.69, 9.17) is 16.4 Å². The van der Waals surface area contributed by atoms with Crippen LogP contribution in [0.25, 0.3) is 5.69 Å². The molecule has 0 amide bonds. The van der Waals surface area contributed by atoms with Gasteiger partial charge in [-0.25, -0.2) is 4.68 Å². The van der Waals surface area contributed by atoms with Gasteiger partial charge in [0.2, 0.25) is 5.71 Å². The summed E-state index contributed by atoms with van der Waals surface area (Å²) in [6.45, 7) is 0. The molecule has 2 aromatic rings. The topological polar surface area (TPSA) is 116 Å². The van der Waals surface area contributed by atoms with Crippen molar-refractivity contribution in [3.63, 3.8) is 0 Å². The lowest BCUT2D eigenvalue weighted by Crippen LogP contribution is -2.22. The van der Waals surface area contributed by atoms with Crippen molar-refractivity contribution in [1.29, 1.82) is 10.7 Å². The first kappa shape index (κ1) is 16.0. The summed E-state index contributed by atoms with van der Waals surface area (Å²) in [4.78, 5) is 0. The van der Waals surface area contributed by atoms with Gasteiger partial charge in [0, 0.05) is 12.4 Å². The quantitative estimate of drug-likeness (QED) is 0.454. The fourth-order valence-electron chi connectivity index (χ4n) is 1.67. The highest BCUT2D eigenvalue weighted by Crippen LogP contribution is 2.33. The number of rotatable bonds is 4. The smallest absolute Gasteiger partial charge is 0.382 e. The van der Waals surface area contributed by atoms with Crippen LogP contribution in [0.2, 0.25) is 0 Å². The maximum atomic E-state index is 12.8. The number of nitriles is 1. The molecule has 0 radical (unpaired) electrons. The normalized spacial score (nSPS) is 11.8. The van der Waals surface area contributed by atoms with E-state index in [2.05, 4.69) is 15.6 Å². The fraction of sp³-hybridized carbons (Fsp3) is 0.0769. The van der Waals surface area contributed by atoms with Gasteiger partial charge in [0.25, 0.3) is 0 Å². The molecule has 0 fully saturated rings. The number of nitrogens with two attached hydrogens (primary N) is 1. The van der Waals surface area contributed by atoms with Crippen LogP contribution in [0.15, 0.2) is 41.8 Å². The zero-order chi connectivity index (χ0) is 17.0. The minimum atomic E-state index is -4.54. The second-order valence-corrected chi connectivity index (χ2v) is 4.28. The molecule has 0 aliphatic carbocycles. The Labute approximate surface area is 128 Å². The SMILES string of the molecule is N#C/C(=N\Nc1cc(C(F)(F)F)ccc1-n1cccn1)C(=N)N. The molecule has 2 rings (SSSR count). The summed E-state index contributed by atoms with van der Waals surface area (Å²) in [5.74, 6) is -0.604. The highest BCUT2D eigenvalue weighted by molar-refractivity contribution is 6.45. The Kier molecular flexibility index (Phi) is 4.31. The standard InChI is InChI=1S/C13H10F3N7/c14-13(15,16)8-2-3-11(23-5-1-4-20-23)9(6-8)21-22-10(7-17)12(18)19/h1-6,21H,(H3,18,19)/b22-10+. The number of aromatic nitrogens is 2. The number of benzene rings is 1. The molecule has 4 N–H and O–H groups in total. The van der Waals surface area contributed by atoms with Crippen LogP contribution >= 0.6 is 0 Å². The third kappa shape index (κ3) is 3.65. The molecule has 0 atom stereocenters. The number of nitrogens with one attached hydrogen (secondary N) is 2. The van der Waals surface area contributed by atoms with Gasteiger partial charge in [0.05, 0.1) is 16.9 Å². The van der Waals surface area contributed by atoms with Gasteiger partial charge in [-0.05, 0) is 24.3 Å². The minimum absolute atomic E-state index is 0.0440. The van der Waals surface area contributed by atoms with Crippen molar-refractivity contribution >= 4 is 17.2 Å². The van der Waals surface area contributed by atoms with E-state index < -0.39 is 23.3 Å². The summed E-state index contributed by atoms with van der Waals surface area (Å²) in [7, 11) is 0. The summed E-state index contributed by atoms with van der Waals surface area (Å²) >= 11 is 0. The molecule has 0 unspecified atom stereocenters. The largest absolute Gasteiger partial charge is 0.416 e. The van der Waals surface area contributed by atoms with Gasteiger partial charge in [-0.1, -0.05) is 0 Å². The maximum absolute atomic E-state index is 12.8. The van der Waals surface area contributed by atoms with Crippen molar-refractivity contribution in [2.24, 2.45) is 10.8 Å². The van der Waals surface area contributed by atoms with Gasteiger partial charge in [-0.15, -0.1) is 0 Å². The second kappa shape index (κ2) is 6.18. The molecule has 1 aromatic heterocycles. The first-order chi connectivity index (χ1) is 10.8. The van der Waals surface area contributed by atoms with E-state index in [-0.39, 0.29) is 11.4 Å². The average Bonchev–Trinajstić information content (AvgIpc) is 3.00. The summed E-state index contributed by atoms with van der Waals surface area (Å²) in [5.41, 5.74) is 6.36. The predicted molar refractivity (Wildman–Crippen MR) is 77.2 cm³/mol. The maximum Gasteiger partial charge on any atom is 0.416 e. The van der Waals surface area contributed by atoms with E-state index in [9.17, 15) is 13.2 Å². The zero-order valence-electron chi connectivity index (χ0n) is 11.5. The molecule has 1 heterocycles. The molecule has 0 spiro atoms. The lowest BCUT2D eigenvalue weighted by molar-refractivity contribution is -0.137. The number of nitrogens with zero attached hydrogens (tertiary/aromatic N) is 4.